The fourth-order valence-corrected chi connectivity index (χ4v) is 5.93. The first kappa shape index (κ1) is 26.1. The lowest BCUT2D eigenvalue weighted by molar-refractivity contribution is -0.140. The van der Waals surface area contributed by atoms with E-state index in [1.54, 1.807) is 12.0 Å². The van der Waals surface area contributed by atoms with Crippen LogP contribution in [0.4, 0.5) is 0 Å². The molecule has 0 bridgehead atoms. The van der Waals surface area contributed by atoms with Crippen LogP contribution in [0.1, 0.15) is 28.6 Å². The van der Waals surface area contributed by atoms with Crippen LogP contribution in [0.3, 0.4) is 0 Å². The number of methoxy groups -OCH3 is 1. The summed E-state index contributed by atoms with van der Waals surface area (Å²) in [5.41, 5.74) is 2.01. The van der Waals surface area contributed by atoms with Gasteiger partial charge in [0, 0.05) is 36.6 Å². The second kappa shape index (κ2) is 11.5. The Bertz CT molecular complexity index is 1350. The number of nitrogens with zero attached hydrogens (tertiary/aromatic N) is 3. The topological polar surface area (TPSA) is 92.2 Å². The molecule has 2 aliphatic rings. The molecule has 1 N–H and O–H groups in total. The van der Waals surface area contributed by atoms with Crippen LogP contribution in [0.2, 0.25) is 0 Å². The van der Waals surface area contributed by atoms with Gasteiger partial charge in [-0.25, -0.2) is 4.98 Å². The van der Waals surface area contributed by atoms with Gasteiger partial charge in [-0.05, 0) is 31.0 Å². The lowest BCUT2D eigenvalue weighted by atomic mass is 9.96. The number of rotatable bonds is 8. The van der Waals surface area contributed by atoms with Gasteiger partial charge in [0.05, 0.1) is 31.9 Å². The Kier molecular flexibility index (Phi) is 7.87. The van der Waals surface area contributed by atoms with Crippen molar-refractivity contribution in [2.75, 3.05) is 46.5 Å². The molecule has 9 heteroatoms. The lowest BCUT2D eigenvalue weighted by Crippen LogP contribution is -2.38. The molecule has 198 valence electrons. The van der Waals surface area contributed by atoms with Crippen LogP contribution >= 0.6 is 11.3 Å². The second-order valence-electron chi connectivity index (χ2n) is 9.37. The molecule has 8 nitrogen and oxygen atoms in total. The lowest BCUT2D eigenvalue weighted by Gasteiger charge is -2.29. The molecular weight excluding hydrogens is 502 g/mol. The maximum atomic E-state index is 13.4. The molecule has 1 amide bonds. The number of carbonyl (C=O) groups excluding carboxylic acids is 2. The molecule has 0 radical (unpaired) electrons. The van der Waals surface area contributed by atoms with E-state index in [-0.39, 0.29) is 11.3 Å². The highest BCUT2D eigenvalue weighted by Crippen LogP contribution is 2.41. The molecule has 1 unspecified atom stereocenters. The van der Waals surface area contributed by atoms with Crippen molar-refractivity contribution >= 4 is 28.8 Å². The minimum atomic E-state index is -0.740. The number of aliphatic hydroxyl groups excluding tert-OH is 1. The van der Waals surface area contributed by atoms with E-state index in [4.69, 9.17) is 9.47 Å². The number of ketones is 1. The molecule has 2 fully saturated rings. The SMILES string of the molecule is COc1cccc(C2/C(=C(\O)c3nc(-c4ccccc4)sc3C)C(=O)C(=O)N2CCCN2CCOCC2)c1. The Morgan fingerprint density at radius 1 is 1.11 bits per heavy atom. The molecule has 1 aromatic heterocycles. The predicted molar refractivity (Wildman–Crippen MR) is 146 cm³/mol. The Balaban J connectivity index is 1.52. The van der Waals surface area contributed by atoms with E-state index in [0.717, 1.165) is 35.1 Å². The summed E-state index contributed by atoms with van der Waals surface area (Å²) in [6.45, 7) is 6.14. The predicted octanol–water partition coefficient (Wildman–Crippen LogP) is 4.27. The first-order valence-corrected chi connectivity index (χ1v) is 13.5. The molecular formula is C29H31N3O5S. The first-order valence-electron chi connectivity index (χ1n) is 12.7. The normalized spacial score (nSPS) is 19.7. The molecule has 0 aliphatic carbocycles. The van der Waals surface area contributed by atoms with Gasteiger partial charge in [-0.3, -0.25) is 14.5 Å². The van der Waals surface area contributed by atoms with Gasteiger partial charge in [-0.2, -0.15) is 0 Å². The van der Waals surface area contributed by atoms with Crippen LogP contribution in [-0.4, -0.2) is 78.1 Å². The van der Waals surface area contributed by atoms with E-state index >= 15 is 0 Å². The van der Waals surface area contributed by atoms with Crippen molar-refractivity contribution in [1.29, 1.82) is 0 Å². The van der Waals surface area contributed by atoms with Crippen molar-refractivity contribution < 1.29 is 24.2 Å². The van der Waals surface area contributed by atoms with Gasteiger partial charge < -0.3 is 19.5 Å². The molecule has 38 heavy (non-hydrogen) atoms. The molecule has 3 heterocycles. The summed E-state index contributed by atoms with van der Waals surface area (Å²) in [4.78, 5) is 36.1. The third kappa shape index (κ3) is 5.22. The summed E-state index contributed by atoms with van der Waals surface area (Å²) in [7, 11) is 1.57. The van der Waals surface area contributed by atoms with Gasteiger partial charge >= 0.3 is 0 Å². The summed E-state index contributed by atoms with van der Waals surface area (Å²) < 4.78 is 10.8. The smallest absolute Gasteiger partial charge is 0.295 e. The van der Waals surface area contributed by atoms with Crippen LogP contribution in [0.25, 0.3) is 16.3 Å². The molecule has 2 aliphatic heterocycles. The number of aliphatic hydroxyl groups is 1. The van der Waals surface area contributed by atoms with E-state index in [0.29, 0.717) is 43.2 Å². The molecule has 2 aromatic carbocycles. The zero-order valence-electron chi connectivity index (χ0n) is 21.6. The number of morpholine rings is 1. The van der Waals surface area contributed by atoms with Gasteiger partial charge in [0.2, 0.25) is 0 Å². The Morgan fingerprint density at radius 3 is 2.61 bits per heavy atom. The van der Waals surface area contributed by atoms with Crippen LogP contribution < -0.4 is 4.74 Å². The van der Waals surface area contributed by atoms with Crippen LogP contribution in [0, 0.1) is 6.92 Å². The van der Waals surface area contributed by atoms with Gasteiger partial charge in [0.1, 0.15) is 16.5 Å². The highest BCUT2D eigenvalue weighted by Gasteiger charge is 2.46. The Hall–Kier alpha value is -3.53. The molecule has 2 saturated heterocycles. The number of likely N-dealkylation sites (tertiary alicyclic amines) is 1. The summed E-state index contributed by atoms with van der Waals surface area (Å²) in [5.74, 6) is -0.951. The number of aryl methyl sites for hydroxylation is 1. The van der Waals surface area contributed by atoms with Crippen LogP contribution in [-0.2, 0) is 14.3 Å². The second-order valence-corrected chi connectivity index (χ2v) is 10.6. The molecule has 0 saturated carbocycles. The highest BCUT2D eigenvalue weighted by molar-refractivity contribution is 7.15. The van der Waals surface area contributed by atoms with Crippen molar-refractivity contribution in [2.45, 2.75) is 19.4 Å². The van der Waals surface area contributed by atoms with Crippen molar-refractivity contribution in [1.82, 2.24) is 14.8 Å². The number of carbonyl (C=O) groups is 2. The van der Waals surface area contributed by atoms with Crippen LogP contribution in [0.15, 0.2) is 60.2 Å². The van der Waals surface area contributed by atoms with E-state index in [9.17, 15) is 14.7 Å². The van der Waals surface area contributed by atoms with Crippen molar-refractivity contribution in [2.24, 2.45) is 0 Å². The Labute approximate surface area is 226 Å². The third-order valence-electron chi connectivity index (χ3n) is 6.97. The van der Waals surface area contributed by atoms with Gasteiger partial charge in [-0.1, -0.05) is 42.5 Å². The van der Waals surface area contributed by atoms with E-state index in [1.807, 2.05) is 61.5 Å². The molecule has 3 aromatic rings. The number of hydrogen-bond acceptors (Lipinski definition) is 8. The van der Waals surface area contributed by atoms with Crippen LogP contribution in [0.5, 0.6) is 5.75 Å². The maximum absolute atomic E-state index is 13.4. The average Bonchev–Trinajstić information content (AvgIpc) is 3.46. The zero-order chi connectivity index (χ0) is 26.6. The minimum Gasteiger partial charge on any atom is -0.505 e. The molecule has 1 atom stereocenters. The van der Waals surface area contributed by atoms with Crippen molar-refractivity contribution in [3.05, 3.63) is 76.3 Å². The number of ether oxygens (including phenoxy) is 2. The number of aromatic nitrogens is 1. The Morgan fingerprint density at radius 2 is 1.87 bits per heavy atom. The van der Waals surface area contributed by atoms with Gasteiger partial charge in [0.25, 0.3) is 11.7 Å². The van der Waals surface area contributed by atoms with E-state index in [1.165, 1.54) is 11.3 Å². The largest absolute Gasteiger partial charge is 0.505 e. The monoisotopic (exact) mass is 533 g/mol. The summed E-state index contributed by atoms with van der Waals surface area (Å²) in [5, 5.41) is 12.3. The number of thiazole rings is 1. The first-order chi connectivity index (χ1) is 18.5. The van der Waals surface area contributed by atoms with E-state index < -0.39 is 17.7 Å². The summed E-state index contributed by atoms with van der Waals surface area (Å²) >= 11 is 1.44. The third-order valence-corrected chi connectivity index (χ3v) is 7.99. The molecule has 0 spiro atoms. The standard InChI is InChI=1S/C29H31N3O5S/c1-19-24(30-28(38-19)20-8-4-3-5-9-20)26(33)23-25(21-10-6-11-22(18-21)36-2)32(29(35)27(23)34)13-7-12-31-14-16-37-17-15-31/h3-6,8-11,18,25,33H,7,12-17H2,1-2H3/b26-23+. The summed E-state index contributed by atoms with van der Waals surface area (Å²) in [6.07, 6.45) is 0.696. The van der Waals surface area contributed by atoms with Gasteiger partial charge in [-0.15, -0.1) is 11.3 Å². The van der Waals surface area contributed by atoms with Crippen molar-refractivity contribution in [3.8, 4) is 16.3 Å². The maximum Gasteiger partial charge on any atom is 0.295 e. The van der Waals surface area contributed by atoms with Crippen molar-refractivity contribution in [3.63, 3.8) is 0 Å². The quantitative estimate of drug-likeness (QED) is 0.263. The molecule has 5 rings (SSSR count). The van der Waals surface area contributed by atoms with E-state index in [2.05, 4.69) is 9.88 Å². The fraction of sp³-hybridized carbons (Fsp3) is 0.345. The minimum absolute atomic E-state index is 0.0580. The van der Waals surface area contributed by atoms with Gasteiger partial charge in [0.15, 0.2) is 5.76 Å². The summed E-state index contributed by atoms with van der Waals surface area (Å²) in [6, 6.07) is 16.2. The number of hydrogen-bond donors (Lipinski definition) is 1. The highest BCUT2D eigenvalue weighted by atomic mass is 32.1. The average molecular weight is 534 g/mol. The number of Topliss-reactive ketones (excluding diaryl/α,β-unsaturated/α-hetero) is 1. The number of benzene rings is 2. The fourth-order valence-electron chi connectivity index (χ4n) is 5.01. The number of amides is 1. The zero-order valence-corrected chi connectivity index (χ0v) is 22.4.